The van der Waals surface area contributed by atoms with E-state index >= 15 is 0 Å². The molecular weight excluding hydrogens is 445 g/mol. The molecule has 2 amide bonds. The summed E-state index contributed by atoms with van der Waals surface area (Å²) in [7, 11) is 5.34. The van der Waals surface area contributed by atoms with E-state index in [4.69, 9.17) is 4.74 Å². The van der Waals surface area contributed by atoms with Gasteiger partial charge in [-0.25, -0.2) is 9.78 Å². The summed E-state index contributed by atoms with van der Waals surface area (Å²) in [6.07, 6.45) is -4.78. The Hall–Kier alpha value is -3.05. The molecular formula is C21H23F3N4O3S. The van der Waals surface area contributed by atoms with Gasteiger partial charge in [-0.3, -0.25) is 4.90 Å². The predicted molar refractivity (Wildman–Crippen MR) is 117 cm³/mol. The third-order valence-electron chi connectivity index (χ3n) is 4.43. The van der Waals surface area contributed by atoms with Crippen molar-refractivity contribution in [1.82, 2.24) is 15.2 Å². The Labute approximate surface area is 187 Å². The number of hydrogen-bond acceptors (Lipinski definition) is 6. The monoisotopic (exact) mass is 468 g/mol. The third-order valence-corrected chi connectivity index (χ3v) is 5.47. The zero-order chi connectivity index (χ0) is 23.3. The van der Waals surface area contributed by atoms with Crippen LogP contribution in [0.2, 0.25) is 0 Å². The van der Waals surface area contributed by atoms with Crippen molar-refractivity contribution in [3.05, 3.63) is 48.0 Å². The van der Waals surface area contributed by atoms with Crippen molar-refractivity contribution in [2.45, 2.75) is 12.9 Å². The molecule has 1 heterocycles. The van der Waals surface area contributed by atoms with E-state index in [1.54, 1.807) is 19.2 Å². The number of amides is 2. The molecule has 0 bridgehead atoms. The summed E-state index contributed by atoms with van der Waals surface area (Å²) in [5.41, 5.74) is 1.38. The topological polar surface area (TPSA) is 66.9 Å². The maximum absolute atomic E-state index is 12.9. The molecule has 32 heavy (non-hydrogen) atoms. The molecule has 1 N–H and O–H groups in total. The number of alkyl halides is 3. The van der Waals surface area contributed by atoms with E-state index in [0.29, 0.717) is 35.0 Å². The minimum atomic E-state index is -4.78. The molecule has 3 aromatic rings. The molecule has 7 nitrogen and oxygen atoms in total. The summed E-state index contributed by atoms with van der Waals surface area (Å²) >= 11 is 1.12. The minimum absolute atomic E-state index is 0.301. The van der Waals surface area contributed by atoms with Crippen molar-refractivity contribution in [3.63, 3.8) is 0 Å². The van der Waals surface area contributed by atoms with Crippen LogP contribution < -0.4 is 19.7 Å². The minimum Gasteiger partial charge on any atom is -0.497 e. The maximum atomic E-state index is 12.9. The summed E-state index contributed by atoms with van der Waals surface area (Å²) in [6.45, 7) is 1.23. The first kappa shape index (κ1) is 23.6. The lowest BCUT2D eigenvalue weighted by molar-refractivity contribution is -0.274. The van der Waals surface area contributed by atoms with Crippen LogP contribution >= 0.6 is 11.3 Å². The fraction of sp³-hybridized carbons (Fsp3) is 0.333. The maximum Gasteiger partial charge on any atom is 0.573 e. The Kier molecular flexibility index (Phi) is 7.41. The van der Waals surface area contributed by atoms with E-state index in [1.165, 1.54) is 23.1 Å². The average molecular weight is 469 g/mol. The highest BCUT2D eigenvalue weighted by Gasteiger charge is 2.31. The lowest BCUT2D eigenvalue weighted by atomic mass is 10.2. The SMILES string of the molecule is COc1ccc(CNC(=O)N(CCN(C)C)c2nc3ccc(OC(F)(F)F)cc3s2)cc1. The van der Waals surface area contributed by atoms with Gasteiger partial charge >= 0.3 is 12.4 Å². The van der Waals surface area contributed by atoms with Crippen LogP contribution in [0, 0.1) is 0 Å². The number of carbonyl (C=O) groups is 1. The van der Waals surface area contributed by atoms with E-state index in [-0.39, 0.29) is 11.8 Å². The van der Waals surface area contributed by atoms with Crippen LogP contribution in [0.1, 0.15) is 5.56 Å². The number of anilines is 1. The van der Waals surface area contributed by atoms with Crippen LogP contribution in [0.5, 0.6) is 11.5 Å². The van der Waals surface area contributed by atoms with Crippen LogP contribution in [-0.4, -0.2) is 56.6 Å². The lowest BCUT2D eigenvalue weighted by Crippen LogP contribution is -2.43. The first-order valence-electron chi connectivity index (χ1n) is 9.64. The van der Waals surface area contributed by atoms with Crippen LogP contribution in [0.15, 0.2) is 42.5 Å². The number of carbonyl (C=O) groups excluding carboxylic acids is 1. The summed E-state index contributed by atoms with van der Waals surface area (Å²) in [5, 5.41) is 3.25. The first-order chi connectivity index (χ1) is 15.1. The van der Waals surface area contributed by atoms with E-state index < -0.39 is 6.36 Å². The van der Waals surface area contributed by atoms with Crippen molar-refractivity contribution in [3.8, 4) is 11.5 Å². The van der Waals surface area contributed by atoms with E-state index in [2.05, 4.69) is 15.0 Å². The van der Waals surface area contributed by atoms with Gasteiger partial charge in [-0.2, -0.15) is 0 Å². The van der Waals surface area contributed by atoms with Crippen LogP contribution in [-0.2, 0) is 6.54 Å². The number of halogens is 3. The van der Waals surface area contributed by atoms with Gasteiger partial charge in [-0.1, -0.05) is 23.5 Å². The van der Waals surface area contributed by atoms with Gasteiger partial charge in [0.05, 0.1) is 17.3 Å². The van der Waals surface area contributed by atoms with Crippen molar-refractivity contribution in [2.24, 2.45) is 0 Å². The number of nitrogens with zero attached hydrogens (tertiary/aromatic N) is 3. The second-order valence-corrected chi connectivity index (χ2v) is 8.14. The largest absolute Gasteiger partial charge is 0.573 e. The highest BCUT2D eigenvalue weighted by atomic mass is 32.1. The normalized spacial score (nSPS) is 11.6. The summed E-state index contributed by atoms with van der Waals surface area (Å²) < 4.78 is 47.1. The van der Waals surface area contributed by atoms with Gasteiger partial charge in [-0.05, 0) is 43.9 Å². The molecule has 11 heteroatoms. The number of hydrogen-bond donors (Lipinski definition) is 1. The molecule has 0 saturated heterocycles. The van der Waals surface area contributed by atoms with Gasteiger partial charge < -0.3 is 19.7 Å². The second kappa shape index (κ2) is 10.0. The third kappa shape index (κ3) is 6.47. The van der Waals surface area contributed by atoms with Gasteiger partial charge in [-0.15, -0.1) is 13.2 Å². The predicted octanol–water partition coefficient (Wildman–Crippen LogP) is 4.48. The van der Waals surface area contributed by atoms with Crippen LogP contribution in [0.3, 0.4) is 0 Å². The molecule has 0 aliphatic carbocycles. The summed E-state index contributed by atoms with van der Waals surface area (Å²) in [6, 6.07) is 10.9. The Morgan fingerprint density at radius 1 is 1.09 bits per heavy atom. The Morgan fingerprint density at radius 2 is 1.78 bits per heavy atom. The molecule has 0 unspecified atom stereocenters. The number of thiazole rings is 1. The molecule has 0 aliphatic rings. The standard InChI is InChI=1S/C21H23F3N4O3S/c1-27(2)10-11-28(19(29)25-13-14-4-6-15(30-3)7-5-14)20-26-17-9-8-16(12-18(17)32-20)31-21(22,23)24/h4-9,12H,10-11,13H2,1-3H3,(H,25,29). The Balaban J connectivity index is 1.78. The average Bonchev–Trinajstić information content (AvgIpc) is 3.14. The van der Waals surface area contributed by atoms with Gasteiger partial charge in [0.25, 0.3) is 0 Å². The van der Waals surface area contributed by atoms with Gasteiger partial charge in [0.1, 0.15) is 11.5 Å². The molecule has 0 aliphatic heterocycles. The molecule has 0 atom stereocenters. The molecule has 0 spiro atoms. The molecule has 0 fully saturated rings. The highest BCUT2D eigenvalue weighted by molar-refractivity contribution is 7.22. The van der Waals surface area contributed by atoms with Crippen LogP contribution in [0.25, 0.3) is 10.2 Å². The highest BCUT2D eigenvalue weighted by Crippen LogP contribution is 2.33. The lowest BCUT2D eigenvalue weighted by Gasteiger charge is -2.22. The molecule has 172 valence electrons. The number of methoxy groups -OCH3 is 1. The van der Waals surface area contributed by atoms with Crippen LogP contribution in [0.4, 0.5) is 23.1 Å². The molecule has 0 radical (unpaired) electrons. The fourth-order valence-corrected chi connectivity index (χ4v) is 3.82. The van der Waals surface area contributed by atoms with Gasteiger partial charge in [0, 0.05) is 25.7 Å². The zero-order valence-electron chi connectivity index (χ0n) is 17.8. The van der Waals surface area contributed by atoms with E-state index in [0.717, 1.165) is 22.6 Å². The fourth-order valence-electron chi connectivity index (χ4n) is 2.81. The number of rotatable bonds is 8. The van der Waals surface area contributed by atoms with Gasteiger partial charge in [0.2, 0.25) is 0 Å². The van der Waals surface area contributed by atoms with Gasteiger partial charge in [0.15, 0.2) is 5.13 Å². The first-order valence-corrected chi connectivity index (χ1v) is 10.5. The molecule has 3 rings (SSSR count). The van der Waals surface area contributed by atoms with E-state index in [9.17, 15) is 18.0 Å². The number of urea groups is 1. The summed E-state index contributed by atoms with van der Waals surface area (Å²) in [4.78, 5) is 20.8. The second-order valence-electron chi connectivity index (χ2n) is 7.14. The van der Waals surface area contributed by atoms with Crippen molar-refractivity contribution in [2.75, 3.05) is 39.2 Å². The number of ether oxygens (including phenoxy) is 2. The number of aromatic nitrogens is 1. The van der Waals surface area contributed by atoms with Crippen molar-refractivity contribution in [1.29, 1.82) is 0 Å². The number of benzene rings is 2. The number of fused-ring (bicyclic) bond motifs is 1. The van der Waals surface area contributed by atoms with E-state index in [1.807, 2.05) is 31.1 Å². The van der Waals surface area contributed by atoms with Crippen molar-refractivity contribution >= 4 is 32.7 Å². The Morgan fingerprint density at radius 3 is 2.41 bits per heavy atom. The smallest absolute Gasteiger partial charge is 0.497 e. The molecule has 0 saturated carbocycles. The molecule has 2 aromatic carbocycles. The zero-order valence-corrected chi connectivity index (χ0v) is 18.6. The molecule has 1 aromatic heterocycles. The quantitative estimate of drug-likeness (QED) is 0.528. The van der Waals surface area contributed by atoms with Crippen molar-refractivity contribution < 1.29 is 27.4 Å². The summed E-state index contributed by atoms with van der Waals surface area (Å²) in [5.74, 6) is 0.389. The number of nitrogens with one attached hydrogen (secondary N) is 1. The number of likely N-dealkylation sites (N-methyl/N-ethyl adjacent to an activating group) is 1. The Bertz CT molecular complexity index is 1050.